The van der Waals surface area contributed by atoms with E-state index in [1.54, 1.807) is 7.11 Å². The molecule has 27 heavy (non-hydrogen) atoms. The van der Waals surface area contributed by atoms with Crippen molar-refractivity contribution >= 4 is 6.03 Å². The molecule has 0 aliphatic carbocycles. The normalized spacial score (nSPS) is 15.3. The summed E-state index contributed by atoms with van der Waals surface area (Å²) in [6.45, 7) is 4.43. The van der Waals surface area contributed by atoms with E-state index in [9.17, 15) is 4.79 Å². The molecule has 5 heteroatoms. The van der Waals surface area contributed by atoms with Crippen LogP contribution in [0.4, 0.5) is 4.79 Å². The van der Waals surface area contributed by atoms with Crippen LogP contribution in [-0.2, 0) is 13.1 Å². The van der Waals surface area contributed by atoms with Crippen molar-refractivity contribution in [1.29, 1.82) is 0 Å². The minimum atomic E-state index is -0.0838. The van der Waals surface area contributed by atoms with Crippen LogP contribution >= 0.6 is 0 Å². The molecule has 1 fully saturated rings. The van der Waals surface area contributed by atoms with Crippen molar-refractivity contribution in [3.63, 3.8) is 0 Å². The van der Waals surface area contributed by atoms with Crippen molar-refractivity contribution < 1.29 is 9.53 Å². The maximum atomic E-state index is 12.0. The lowest BCUT2D eigenvalue weighted by atomic mass is 9.96. The molecule has 1 saturated heterocycles. The largest absolute Gasteiger partial charge is 0.497 e. The number of urea groups is 1. The number of nitrogens with one attached hydrogen (secondary N) is 2. The van der Waals surface area contributed by atoms with E-state index in [4.69, 9.17) is 4.74 Å². The third-order valence-corrected chi connectivity index (χ3v) is 5.12. The number of methoxy groups -OCH3 is 1. The van der Waals surface area contributed by atoms with Gasteiger partial charge in [-0.1, -0.05) is 42.5 Å². The molecule has 144 valence electrons. The number of amides is 2. The molecule has 1 heterocycles. The van der Waals surface area contributed by atoms with Crippen LogP contribution in [0.5, 0.6) is 5.75 Å². The zero-order chi connectivity index (χ0) is 18.9. The Hall–Kier alpha value is -2.53. The molecule has 2 amide bonds. The van der Waals surface area contributed by atoms with Gasteiger partial charge in [0.15, 0.2) is 0 Å². The molecule has 0 aromatic heterocycles. The van der Waals surface area contributed by atoms with Gasteiger partial charge in [0.1, 0.15) is 5.75 Å². The Labute approximate surface area is 161 Å². The number of rotatable bonds is 7. The first-order valence-corrected chi connectivity index (χ1v) is 9.64. The topological polar surface area (TPSA) is 53.6 Å². The number of ether oxygens (including phenoxy) is 1. The SMILES string of the molecule is COc1ccc(CN2CCC(CNC(=O)NCc3ccccc3)CC2)cc1. The molecule has 2 aromatic carbocycles. The van der Waals surface area contributed by atoms with Gasteiger partial charge in [0, 0.05) is 19.6 Å². The van der Waals surface area contributed by atoms with Crippen LogP contribution in [0, 0.1) is 5.92 Å². The molecule has 1 aliphatic rings. The summed E-state index contributed by atoms with van der Waals surface area (Å²) in [4.78, 5) is 14.5. The average Bonchev–Trinajstić information content (AvgIpc) is 2.73. The fraction of sp³-hybridized carbons (Fsp3) is 0.409. The summed E-state index contributed by atoms with van der Waals surface area (Å²) in [5.41, 5.74) is 2.42. The third-order valence-electron chi connectivity index (χ3n) is 5.12. The predicted molar refractivity (Wildman–Crippen MR) is 108 cm³/mol. The highest BCUT2D eigenvalue weighted by molar-refractivity contribution is 5.73. The monoisotopic (exact) mass is 367 g/mol. The van der Waals surface area contributed by atoms with Gasteiger partial charge >= 0.3 is 6.03 Å². The van der Waals surface area contributed by atoms with Crippen molar-refractivity contribution in [2.45, 2.75) is 25.9 Å². The maximum Gasteiger partial charge on any atom is 0.315 e. The van der Waals surface area contributed by atoms with E-state index in [0.29, 0.717) is 12.5 Å². The number of hydrogen-bond acceptors (Lipinski definition) is 3. The molecule has 0 atom stereocenters. The van der Waals surface area contributed by atoms with Crippen molar-refractivity contribution in [2.24, 2.45) is 5.92 Å². The van der Waals surface area contributed by atoms with Gasteiger partial charge < -0.3 is 15.4 Å². The van der Waals surface area contributed by atoms with Gasteiger partial charge in [0.25, 0.3) is 0 Å². The van der Waals surface area contributed by atoms with Gasteiger partial charge in [-0.2, -0.15) is 0 Å². The van der Waals surface area contributed by atoms with Crippen LogP contribution in [0.1, 0.15) is 24.0 Å². The summed E-state index contributed by atoms with van der Waals surface area (Å²) in [7, 11) is 1.69. The zero-order valence-corrected chi connectivity index (χ0v) is 16.0. The van der Waals surface area contributed by atoms with E-state index in [1.165, 1.54) is 5.56 Å². The van der Waals surface area contributed by atoms with Crippen LogP contribution < -0.4 is 15.4 Å². The van der Waals surface area contributed by atoms with Crippen molar-refractivity contribution in [3.05, 3.63) is 65.7 Å². The number of carbonyl (C=O) groups is 1. The minimum Gasteiger partial charge on any atom is -0.497 e. The number of nitrogens with zero attached hydrogens (tertiary/aromatic N) is 1. The molecule has 2 N–H and O–H groups in total. The fourth-order valence-electron chi connectivity index (χ4n) is 3.42. The Morgan fingerprint density at radius 2 is 1.70 bits per heavy atom. The molecule has 0 unspecified atom stereocenters. The Bertz CT molecular complexity index is 695. The van der Waals surface area contributed by atoms with Crippen molar-refractivity contribution in [2.75, 3.05) is 26.7 Å². The second kappa shape index (κ2) is 9.97. The Kier molecular flexibility index (Phi) is 7.11. The van der Waals surface area contributed by atoms with Crippen LogP contribution in [-0.4, -0.2) is 37.7 Å². The Morgan fingerprint density at radius 1 is 1.00 bits per heavy atom. The molecule has 0 spiro atoms. The highest BCUT2D eigenvalue weighted by atomic mass is 16.5. The second-order valence-corrected chi connectivity index (χ2v) is 7.12. The first-order chi connectivity index (χ1) is 13.2. The molecule has 0 bridgehead atoms. The second-order valence-electron chi connectivity index (χ2n) is 7.12. The third kappa shape index (κ3) is 6.29. The molecule has 0 saturated carbocycles. The molecular formula is C22H29N3O2. The molecule has 5 nitrogen and oxygen atoms in total. The van der Waals surface area contributed by atoms with E-state index in [2.05, 4.69) is 27.7 Å². The summed E-state index contributed by atoms with van der Waals surface area (Å²) in [5, 5.41) is 5.94. The highest BCUT2D eigenvalue weighted by Crippen LogP contribution is 2.19. The van der Waals surface area contributed by atoms with E-state index in [1.807, 2.05) is 42.5 Å². The average molecular weight is 367 g/mol. The smallest absolute Gasteiger partial charge is 0.315 e. The number of likely N-dealkylation sites (tertiary alicyclic amines) is 1. The molecule has 1 aliphatic heterocycles. The molecule has 2 aromatic rings. The number of hydrogen-bond donors (Lipinski definition) is 2. The van der Waals surface area contributed by atoms with E-state index in [-0.39, 0.29) is 6.03 Å². The highest BCUT2D eigenvalue weighted by Gasteiger charge is 2.19. The Morgan fingerprint density at radius 3 is 2.37 bits per heavy atom. The van der Waals surface area contributed by atoms with Gasteiger partial charge in [-0.25, -0.2) is 4.79 Å². The summed E-state index contributed by atoms with van der Waals surface area (Å²) in [6.07, 6.45) is 2.24. The fourth-order valence-corrected chi connectivity index (χ4v) is 3.42. The number of benzene rings is 2. The quantitative estimate of drug-likeness (QED) is 0.789. The lowest BCUT2D eigenvalue weighted by molar-refractivity contribution is 0.175. The van der Waals surface area contributed by atoms with E-state index >= 15 is 0 Å². The minimum absolute atomic E-state index is 0.0838. The van der Waals surface area contributed by atoms with Gasteiger partial charge in [-0.15, -0.1) is 0 Å². The first kappa shape index (κ1) is 19.2. The molecule has 3 rings (SSSR count). The first-order valence-electron chi connectivity index (χ1n) is 9.64. The Balaban J connectivity index is 1.32. The van der Waals surface area contributed by atoms with Gasteiger partial charge in [-0.05, 0) is 55.1 Å². The van der Waals surface area contributed by atoms with Gasteiger partial charge in [0.2, 0.25) is 0 Å². The van der Waals surface area contributed by atoms with Crippen LogP contribution in [0.15, 0.2) is 54.6 Å². The summed E-state index contributed by atoms with van der Waals surface area (Å²) >= 11 is 0. The van der Waals surface area contributed by atoms with Crippen LogP contribution in [0.2, 0.25) is 0 Å². The summed E-state index contributed by atoms with van der Waals surface area (Å²) in [5.74, 6) is 1.45. The number of carbonyl (C=O) groups excluding carboxylic acids is 1. The number of piperidine rings is 1. The van der Waals surface area contributed by atoms with Gasteiger partial charge in [0.05, 0.1) is 7.11 Å². The van der Waals surface area contributed by atoms with E-state index < -0.39 is 0 Å². The molecule has 0 radical (unpaired) electrons. The van der Waals surface area contributed by atoms with Gasteiger partial charge in [-0.3, -0.25) is 4.90 Å². The summed E-state index contributed by atoms with van der Waals surface area (Å²) < 4.78 is 5.21. The van der Waals surface area contributed by atoms with Crippen molar-refractivity contribution in [3.8, 4) is 5.75 Å². The molecular weight excluding hydrogens is 338 g/mol. The standard InChI is InChI=1S/C22H29N3O2/c1-27-21-9-7-20(8-10-21)17-25-13-11-19(12-14-25)16-24-22(26)23-15-18-5-3-2-4-6-18/h2-10,19H,11-17H2,1H3,(H2,23,24,26). The lowest BCUT2D eigenvalue weighted by Gasteiger charge is -2.32. The summed E-state index contributed by atoms with van der Waals surface area (Å²) in [6, 6.07) is 18.2. The van der Waals surface area contributed by atoms with Crippen LogP contribution in [0.3, 0.4) is 0 Å². The predicted octanol–water partition coefficient (Wildman–Crippen LogP) is 3.41. The zero-order valence-electron chi connectivity index (χ0n) is 16.0. The van der Waals surface area contributed by atoms with Crippen LogP contribution in [0.25, 0.3) is 0 Å². The van der Waals surface area contributed by atoms with Crippen molar-refractivity contribution in [1.82, 2.24) is 15.5 Å². The lowest BCUT2D eigenvalue weighted by Crippen LogP contribution is -2.41. The maximum absolute atomic E-state index is 12.0. The van der Waals surface area contributed by atoms with E-state index in [0.717, 1.165) is 50.3 Å².